The maximum absolute atomic E-state index is 12.1. The molecule has 2 aromatic carbocycles. The second-order valence-electron chi connectivity index (χ2n) is 5.73. The summed E-state index contributed by atoms with van der Waals surface area (Å²) < 4.78 is 16.2. The minimum Gasteiger partial charge on any atom is -0.495 e. The van der Waals surface area contributed by atoms with Gasteiger partial charge in [-0.25, -0.2) is 0 Å². The van der Waals surface area contributed by atoms with Crippen LogP contribution in [0.25, 0.3) is 0 Å². The summed E-state index contributed by atoms with van der Waals surface area (Å²) in [6, 6.07) is 11.1. The fourth-order valence-corrected chi connectivity index (χ4v) is 2.92. The lowest BCUT2D eigenvalue weighted by atomic mass is 10.1. The molecule has 132 valence electrons. The third-order valence-corrected chi connectivity index (χ3v) is 4.21. The molecule has 0 aromatic heterocycles. The Morgan fingerprint density at radius 3 is 2.72 bits per heavy atom. The number of anilines is 1. The molecule has 2 aromatic rings. The second kappa shape index (κ2) is 8.12. The molecule has 0 bridgehead atoms. The first kappa shape index (κ1) is 17.4. The maximum Gasteiger partial charge on any atom is 0.224 e. The Kier molecular flexibility index (Phi) is 5.66. The number of fused-ring (bicyclic) bond motifs is 1. The number of halogens is 1. The molecular formula is C19H20ClNO4. The first-order chi connectivity index (χ1) is 12.2. The van der Waals surface area contributed by atoms with Crippen molar-refractivity contribution < 1.29 is 19.0 Å². The van der Waals surface area contributed by atoms with E-state index in [1.54, 1.807) is 25.3 Å². The van der Waals surface area contributed by atoms with Crippen molar-refractivity contribution in [2.75, 3.05) is 25.6 Å². The molecule has 0 saturated heterocycles. The number of hydrogen-bond acceptors (Lipinski definition) is 4. The molecule has 1 amide bonds. The predicted octanol–water partition coefficient (Wildman–Crippen LogP) is 4.08. The van der Waals surface area contributed by atoms with E-state index in [1.807, 2.05) is 18.2 Å². The fraction of sp³-hybridized carbons (Fsp3) is 0.316. The van der Waals surface area contributed by atoms with E-state index < -0.39 is 0 Å². The number of carbonyl (C=O) groups excluding carboxylic acids is 1. The van der Waals surface area contributed by atoms with Crippen LogP contribution in [0.4, 0.5) is 5.69 Å². The molecule has 0 saturated carbocycles. The topological polar surface area (TPSA) is 56.8 Å². The van der Waals surface area contributed by atoms with E-state index in [9.17, 15) is 4.79 Å². The third-order valence-electron chi connectivity index (χ3n) is 3.91. The highest BCUT2D eigenvalue weighted by atomic mass is 35.5. The van der Waals surface area contributed by atoms with E-state index in [0.29, 0.717) is 36.1 Å². The van der Waals surface area contributed by atoms with E-state index >= 15 is 0 Å². The van der Waals surface area contributed by atoms with Gasteiger partial charge in [0.1, 0.15) is 19.0 Å². The molecule has 1 heterocycles. The van der Waals surface area contributed by atoms with Crippen molar-refractivity contribution in [1.29, 1.82) is 0 Å². The molecule has 0 fully saturated rings. The van der Waals surface area contributed by atoms with Gasteiger partial charge in [0.05, 0.1) is 12.1 Å². The van der Waals surface area contributed by atoms with Gasteiger partial charge in [0.2, 0.25) is 5.91 Å². The van der Waals surface area contributed by atoms with Crippen LogP contribution >= 0.6 is 11.6 Å². The van der Waals surface area contributed by atoms with E-state index in [-0.39, 0.29) is 5.91 Å². The van der Waals surface area contributed by atoms with Crippen LogP contribution in [-0.2, 0) is 11.2 Å². The lowest BCUT2D eigenvalue weighted by Gasteiger charge is -2.18. The summed E-state index contributed by atoms with van der Waals surface area (Å²) in [6.45, 7) is 1.16. The summed E-state index contributed by atoms with van der Waals surface area (Å²) >= 11 is 6.06. The predicted molar refractivity (Wildman–Crippen MR) is 97.0 cm³/mol. The van der Waals surface area contributed by atoms with Crippen LogP contribution in [0.1, 0.15) is 18.4 Å². The lowest BCUT2D eigenvalue weighted by Crippen LogP contribution is -2.15. The number of carbonyl (C=O) groups is 1. The molecule has 0 aliphatic carbocycles. The highest BCUT2D eigenvalue weighted by Crippen LogP contribution is 2.31. The first-order valence-corrected chi connectivity index (χ1v) is 8.55. The van der Waals surface area contributed by atoms with Crippen LogP contribution < -0.4 is 19.5 Å². The Bertz CT molecular complexity index is 763. The summed E-state index contributed by atoms with van der Waals surface area (Å²) in [7, 11) is 1.55. The van der Waals surface area contributed by atoms with Crippen molar-refractivity contribution in [2.24, 2.45) is 0 Å². The van der Waals surface area contributed by atoms with Gasteiger partial charge in [-0.1, -0.05) is 17.7 Å². The van der Waals surface area contributed by atoms with E-state index in [1.165, 1.54) is 0 Å². The molecule has 0 spiro atoms. The molecule has 25 heavy (non-hydrogen) atoms. The Hall–Kier alpha value is -2.40. The summed E-state index contributed by atoms with van der Waals surface area (Å²) in [6.07, 6.45) is 1.97. The van der Waals surface area contributed by atoms with Crippen molar-refractivity contribution in [3.63, 3.8) is 0 Å². The van der Waals surface area contributed by atoms with Gasteiger partial charge in [-0.05, 0) is 48.7 Å². The Balaban J connectivity index is 1.48. The zero-order valence-corrected chi connectivity index (χ0v) is 14.8. The molecule has 6 heteroatoms. The van der Waals surface area contributed by atoms with Gasteiger partial charge in [0.15, 0.2) is 11.5 Å². The smallest absolute Gasteiger partial charge is 0.224 e. The number of amides is 1. The molecule has 1 N–H and O–H groups in total. The largest absolute Gasteiger partial charge is 0.495 e. The number of benzene rings is 2. The zero-order valence-electron chi connectivity index (χ0n) is 14.0. The molecule has 5 nitrogen and oxygen atoms in total. The first-order valence-electron chi connectivity index (χ1n) is 8.17. The van der Waals surface area contributed by atoms with Crippen LogP contribution in [0.2, 0.25) is 5.02 Å². The van der Waals surface area contributed by atoms with Crippen LogP contribution in [-0.4, -0.2) is 26.2 Å². The monoisotopic (exact) mass is 361 g/mol. The van der Waals surface area contributed by atoms with E-state index in [2.05, 4.69) is 5.32 Å². The summed E-state index contributed by atoms with van der Waals surface area (Å²) in [5.74, 6) is 2.10. The standard InChI is InChI=1S/C19H20ClNO4/c1-23-16-8-6-14(12-15(16)20)21-19(22)4-2-3-13-5-7-17-18(11-13)25-10-9-24-17/h5-8,11-12H,2-4,9-10H2,1H3,(H,21,22). The van der Waals surface area contributed by atoms with Gasteiger partial charge in [0, 0.05) is 12.1 Å². The summed E-state index contributed by atoms with van der Waals surface area (Å²) in [5.41, 5.74) is 1.79. The van der Waals surface area contributed by atoms with Crippen LogP contribution in [0.5, 0.6) is 17.2 Å². The van der Waals surface area contributed by atoms with Crippen LogP contribution in [0.3, 0.4) is 0 Å². The molecule has 1 aliphatic rings. The number of methoxy groups -OCH3 is 1. The summed E-state index contributed by atoms with van der Waals surface area (Å²) in [4.78, 5) is 12.1. The molecule has 1 aliphatic heterocycles. The van der Waals surface area contributed by atoms with E-state index in [4.69, 9.17) is 25.8 Å². The highest BCUT2D eigenvalue weighted by Gasteiger charge is 2.12. The van der Waals surface area contributed by atoms with Gasteiger partial charge in [-0.15, -0.1) is 0 Å². The van der Waals surface area contributed by atoms with Crippen LogP contribution in [0.15, 0.2) is 36.4 Å². The fourth-order valence-electron chi connectivity index (χ4n) is 2.66. The van der Waals surface area contributed by atoms with E-state index in [0.717, 1.165) is 29.9 Å². The number of aryl methyl sites for hydroxylation is 1. The minimum absolute atomic E-state index is 0.0428. The zero-order chi connectivity index (χ0) is 17.6. The number of ether oxygens (including phenoxy) is 3. The van der Waals surface area contributed by atoms with Crippen molar-refractivity contribution in [2.45, 2.75) is 19.3 Å². The molecule has 3 rings (SSSR count). The number of nitrogens with one attached hydrogen (secondary N) is 1. The average Bonchev–Trinajstić information content (AvgIpc) is 2.62. The molecule has 0 radical (unpaired) electrons. The van der Waals surface area contributed by atoms with Crippen LogP contribution in [0, 0.1) is 0 Å². The molecule has 0 unspecified atom stereocenters. The Labute approximate surface area is 151 Å². The quantitative estimate of drug-likeness (QED) is 0.842. The van der Waals surface area contributed by atoms with Gasteiger partial charge in [-0.3, -0.25) is 4.79 Å². The second-order valence-corrected chi connectivity index (χ2v) is 6.14. The van der Waals surface area contributed by atoms with Gasteiger partial charge in [-0.2, -0.15) is 0 Å². The Morgan fingerprint density at radius 1 is 1.16 bits per heavy atom. The third kappa shape index (κ3) is 4.57. The highest BCUT2D eigenvalue weighted by molar-refractivity contribution is 6.32. The molecular weight excluding hydrogens is 342 g/mol. The summed E-state index contributed by atoms with van der Waals surface area (Å²) in [5, 5.41) is 3.32. The lowest BCUT2D eigenvalue weighted by molar-refractivity contribution is -0.116. The number of hydrogen-bond donors (Lipinski definition) is 1. The Morgan fingerprint density at radius 2 is 1.96 bits per heavy atom. The minimum atomic E-state index is -0.0428. The normalized spacial score (nSPS) is 12.6. The average molecular weight is 362 g/mol. The number of rotatable bonds is 6. The van der Waals surface area contributed by atoms with Crippen molar-refractivity contribution in [3.05, 3.63) is 47.0 Å². The van der Waals surface area contributed by atoms with Gasteiger partial charge in [0.25, 0.3) is 0 Å². The van der Waals surface area contributed by atoms with Crippen molar-refractivity contribution in [3.8, 4) is 17.2 Å². The van der Waals surface area contributed by atoms with Gasteiger partial charge < -0.3 is 19.5 Å². The maximum atomic E-state index is 12.1. The SMILES string of the molecule is COc1ccc(NC(=O)CCCc2ccc3c(c2)OCCO3)cc1Cl. The van der Waals surface area contributed by atoms with Crippen molar-refractivity contribution >= 4 is 23.2 Å². The van der Waals surface area contributed by atoms with Crippen molar-refractivity contribution in [1.82, 2.24) is 0 Å². The van der Waals surface area contributed by atoms with Gasteiger partial charge >= 0.3 is 0 Å². The molecule has 0 atom stereocenters.